The van der Waals surface area contributed by atoms with Crippen LogP contribution in [0.15, 0.2) is 47.2 Å². The van der Waals surface area contributed by atoms with Crippen molar-refractivity contribution in [1.82, 2.24) is 4.98 Å². The van der Waals surface area contributed by atoms with E-state index >= 15 is 0 Å². The van der Waals surface area contributed by atoms with E-state index in [0.717, 1.165) is 0 Å². The van der Waals surface area contributed by atoms with E-state index in [2.05, 4.69) is 26.2 Å². The quantitative estimate of drug-likeness (QED) is 0.866. The van der Waals surface area contributed by atoms with Gasteiger partial charge in [-0.15, -0.1) is 0 Å². The minimum atomic E-state index is -0.245. The van der Waals surface area contributed by atoms with Crippen LogP contribution in [-0.4, -0.2) is 17.5 Å². The lowest BCUT2D eigenvalue weighted by molar-refractivity contribution is -0.118. The second-order valence-electron chi connectivity index (χ2n) is 3.66. The van der Waals surface area contributed by atoms with Crippen LogP contribution in [0.1, 0.15) is 0 Å². The van der Waals surface area contributed by atoms with E-state index in [0.29, 0.717) is 21.1 Å². The van der Waals surface area contributed by atoms with Gasteiger partial charge in [-0.05, 0) is 52.3 Å². The number of pyridine rings is 1. The standard InChI is InChI=1S/C13H10BrClN2O2/c14-12-6-5-11(7-16-12)19-8-13(18)17-10-3-1-9(15)2-4-10/h1-7H,8H2,(H,17,18). The Kier molecular flexibility index (Phi) is 4.76. The summed E-state index contributed by atoms with van der Waals surface area (Å²) in [4.78, 5) is 15.6. The first-order valence-electron chi connectivity index (χ1n) is 5.43. The summed E-state index contributed by atoms with van der Waals surface area (Å²) in [6, 6.07) is 10.3. The Morgan fingerprint density at radius 1 is 1.26 bits per heavy atom. The molecule has 1 heterocycles. The van der Waals surface area contributed by atoms with Crippen LogP contribution in [0, 0.1) is 0 Å². The van der Waals surface area contributed by atoms with Crippen LogP contribution in [-0.2, 0) is 4.79 Å². The fourth-order valence-electron chi connectivity index (χ4n) is 1.33. The Balaban J connectivity index is 1.84. The van der Waals surface area contributed by atoms with Gasteiger partial charge in [0, 0.05) is 10.7 Å². The average molecular weight is 342 g/mol. The molecule has 0 aliphatic heterocycles. The van der Waals surface area contributed by atoms with Crippen LogP contribution in [0.2, 0.25) is 5.02 Å². The molecule has 1 aromatic heterocycles. The number of ether oxygens (including phenoxy) is 1. The summed E-state index contributed by atoms with van der Waals surface area (Å²) < 4.78 is 6.01. The highest BCUT2D eigenvalue weighted by Gasteiger charge is 2.04. The van der Waals surface area contributed by atoms with Crippen molar-refractivity contribution in [2.45, 2.75) is 0 Å². The lowest BCUT2D eigenvalue weighted by Gasteiger charge is -2.07. The molecular weight excluding hydrogens is 332 g/mol. The number of carbonyl (C=O) groups excluding carboxylic acids is 1. The Morgan fingerprint density at radius 2 is 2.00 bits per heavy atom. The Labute approximate surface area is 123 Å². The summed E-state index contributed by atoms with van der Waals surface area (Å²) >= 11 is 8.97. The van der Waals surface area contributed by atoms with E-state index in [4.69, 9.17) is 16.3 Å². The Bertz CT molecular complexity index is 558. The number of nitrogens with one attached hydrogen (secondary N) is 1. The monoisotopic (exact) mass is 340 g/mol. The highest BCUT2D eigenvalue weighted by atomic mass is 79.9. The minimum Gasteiger partial charge on any atom is -0.482 e. The Hall–Kier alpha value is -1.59. The van der Waals surface area contributed by atoms with Gasteiger partial charge >= 0.3 is 0 Å². The van der Waals surface area contributed by atoms with E-state index in [9.17, 15) is 4.79 Å². The van der Waals surface area contributed by atoms with Gasteiger partial charge in [0.15, 0.2) is 6.61 Å². The van der Waals surface area contributed by atoms with Crippen molar-refractivity contribution in [3.05, 3.63) is 52.2 Å². The lowest BCUT2D eigenvalue weighted by Crippen LogP contribution is -2.20. The molecule has 2 aromatic rings. The molecule has 98 valence electrons. The molecule has 2 rings (SSSR count). The SMILES string of the molecule is O=C(COc1ccc(Br)nc1)Nc1ccc(Cl)cc1. The molecule has 0 saturated heterocycles. The number of halogens is 2. The number of rotatable bonds is 4. The first kappa shape index (κ1) is 13.8. The number of benzene rings is 1. The lowest BCUT2D eigenvalue weighted by atomic mass is 10.3. The second kappa shape index (κ2) is 6.54. The van der Waals surface area contributed by atoms with Crippen LogP contribution in [0.3, 0.4) is 0 Å². The van der Waals surface area contributed by atoms with Crippen LogP contribution in [0.25, 0.3) is 0 Å². The third kappa shape index (κ3) is 4.54. The molecule has 0 unspecified atom stereocenters. The molecule has 4 nitrogen and oxygen atoms in total. The number of nitrogens with zero attached hydrogens (tertiary/aromatic N) is 1. The molecule has 19 heavy (non-hydrogen) atoms. The molecule has 1 amide bonds. The summed E-state index contributed by atoms with van der Waals surface area (Å²) in [6.07, 6.45) is 1.54. The smallest absolute Gasteiger partial charge is 0.262 e. The van der Waals surface area contributed by atoms with E-state index in [-0.39, 0.29) is 12.5 Å². The van der Waals surface area contributed by atoms with Crippen LogP contribution in [0.4, 0.5) is 5.69 Å². The van der Waals surface area contributed by atoms with Gasteiger partial charge in [0.1, 0.15) is 10.4 Å². The van der Waals surface area contributed by atoms with Gasteiger partial charge in [-0.1, -0.05) is 11.6 Å². The van der Waals surface area contributed by atoms with Gasteiger partial charge in [0.2, 0.25) is 0 Å². The highest BCUT2D eigenvalue weighted by molar-refractivity contribution is 9.10. The molecule has 0 radical (unpaired) electrons. The van der Waals surface area contributed by atoms with Crippen molar-refractivity contribution in [2.24, 2.45) is 0 Å². The molecule has 1 aromatic carbocycles. The Morgan fingerprint density at radius 3 is 2.63 bits per heavy atom. The number of hydrogen-bond donors (Lipinski definition) is 1. The average Bonchev–Trinajstić information content (AvgIpc) is 2.41. The van der Waals surface area contributed by atoms with Gasteiger partial charge in [0.25, 0.3) is 5.91 Å². The summed E-state index contributed by atoms with van der Waals surface area (Å²) in [7, 11) is 0. The van der Waals surface area contributed by atoms with E-state index in [1.807, 2.05) is 0 Å². The molecule has 0 bridgehead atoms. The van der Waals surface area contributed by atoms with Crippen molar-refractivity contribution >= 4 is 39.1 Å². The van der Waals surface area contributed by atoms with Crippen molar-refractivity contribution < 1.29 is 9.53 Å². The largest absolute Gasteiger partial charge is 0.482 e. The zero-order chi connectivity index (χ0) is 13.7. The van der Waals surface area contributed by atoms with Crippen molar-refractivity contribution in [2.75, 3.05) is 11.9 Å². The fourth-order valence-corrected chi connectivity index (χ4v) is 1.69. The first-order chi connectivity index (χ1) is 9.13. The predicted molar refractivity (Wildman–Crippen MR) is 77.5 cm³/mol. The summed E-state index contributed by atoms with van der Waals surface area (Å²) in [5, 5.41) is 3.32. The number of anilines is 1. The summed E-state index contributed by atoms with van der Waals surface area (Å²) in [6.45, 7) is -0.0774. The fraction of sp³-hybridized carbons (Fsp3) is 0.0769. The molecule has 1 N–H and O–H groups in total. The topological polar surface area (TPSA) is 51.2 Å². The van der Waals surface area contributed by atoms with Crippen molar-refractivity contribution in [3.63, 3.8) is 0 Å². The maximum atomic E-state index is 11.6. The van der Waals surface area contributed by atoms with Crippen molar-refractivity contribution in [3.8, 4) is 5.75 Å². The summed E-state index contributed by atoms with van der Waals surface area (Å²) in [5.74, 6) is 0.291. The van der Waals surface area contributed by atoms with Crippen LogP contribution in [0.5, 0.6) is 5.75 Å². The normalized spacial score (nSPS) is 10.0. The maximum absolute atomic E-state index is 11.6. The number of aromatic nitrogens is 1. The number of amides is 1. The second-order valence-corrected chi connectivity index (χ2v) is 4.91. The van der Waals surface area contributed by atoms with Gasteiger partial charge in [-0.25, -0.2) is 4.98 Å². The maximum Gasteiger partial charge on any atom is 0.262 e. The molecule has 0 saturated carbocycles. The molecule has 6 heteroatoms. The minimum absolute atomic E-state index is 0.0774. The van der Waals surface area contributed by atoms with Gasteiger partial charge in [-0.2, -0.15) is 0 Å². The molecule has 0 aliphatic rings. The van der Waals surface area contributed by atoms with E-state index in [1.165, 1.54) is 0 Å². The van der Waals surface area contributed by atoms with Gasteiger partial charge < -0.3 is 10.1 Å². The molecule has 0 spiro atoms. The van der Waals surface area contributed by atoms with E-state index in [1.54, 1.807) is 42.6 Å². The molecule has 0 atom stereocenters. The molecular formula is C13H10BrClN2O2. The predicted octanol–water partition coefficient (Wildman–Crippen LogP) is 3.52. The zero-order valence-corrected chi connectivity index (χ0v) is 12.1. The molecule has 0 aliphatic carbocycles. The van der Waals surface area contributed by atoms with Crippen LogP contribution >= 0.6 is 27.5 Å². The zero-order valence-electron chi connectivity index (χ0n) is 9.77. The summed E-state index contributed by atoms with van der Waals surface area (Å²) in [5.41, 5.74) is 0.673. The first-order valence-corrected chi connectivity index (χ1v) is 6.60. The number of carbonyl (C=O) groups is 1. The van der Waals surface area contributed by atoms with Gasteiger partial charge in [-0.3, -0.25) is 4.79 Å². The third-order valence-corrected chi connectivity index (χ3v) is 2.92. The van der Waals surface area contributed by atoms with E-state index < -0.39 is 0 Å². The van der Waals surface area contributed by atoms with Gasteiger partial charge in [0.05, 0.1) is 6.20 Å². The van der Waals surface area contributed by atoms with Crippen molar-refractivity contribution in [1.29, 1.82) is 0 Å². The highest BCUT2D eigenvalue weighted by Crippen LogP contribution is 2.14. The number of hydrogen-bond acceptors (Lipinski definition) is 3. The molecule has 0 fully saturated rings. The van der Waals surface area contributed by atoms with Crippen LogP contribution < -0.4 is 10.1 Å². The third-order valence-electron chi connectivity index (χ3n) is 2.20.